The minimum absolute atomic E-state index is 0.132. The van der Waals surface area contributed by atoms with Gasteiger partial charge in [0.25, 0.3) is 5.91 Å². The number of benzene rings is 1. The first-order chi connectivity index (χ1) is 13.0. The first kappa shape index (κ1) is 19.9. The second kappa shape index (κ2) is 6.93. The lowest BCUT2D eigenvalue weighted by Gasteiger charge is -2.20. The summed E-state index contributed by atoms with van der Waals surface area (Å²) >= 11 is 0. The van der Waals surface area contributed by atoms with E-state index in [2.05, 4.69) is 31.1 Å². The number of ether oxygens (including phenoxy) is 1. The number of hydrogen-bond donors (Lipinski definition) is 1. The van der Waals surface area contributed by atoms with Crippen LogP contribution in [0.15, 0.2) is 36.4 Å². The third-order valence-corrected chi connectivity index (χ3v) is 4.28. The number of hydrogen-bond acceptors (Lipinski definition) is 4. The molecular weight excluding hydrogens is 352 g/mol. The van der Waals surface area contributed by atoms with E-state index in [9.17, 15) is 4.79 Å². The van der Waals surface area contributed by atoms with Gasteiger partial charge in [-0.1, -0.05) is 32.9 Å². The van der Waals surface area contributed by atoms with E-state index in [-0.39, 0.29) is 16.9 Å². The molecule has 0 radical (unpaired) electrons. The van der Waals surface area contributed by atoms with Crippen LogP contribution in [0.1, 0.15) is 57.7 Å². The van der Waals surface area contributed by atoms with E-state index in [0.29, 0.717) is 11.3 Å². The lowest BCUT2D eigenvalue weighted by Crippen LogP contribution is -2.41. The molecule has 3 aromatic rings. The zero-order valence-electron chi connectivity index (χ0n) is 17.6. The van der Waals surface area contributed by atoms with Crippen LogP contribution in [-0.2, 0) is 5.41 Å². The highest BCUT2D eigenvalue weighted by Crippen LogP contribution is 2.28. The molecule has 2 aromatic heterocycles. The van der Waals surface area contributed by atoms with Crippen LogP contribution in [0, 0.1) is 0 Å². The number of rotatable bonds is 3. The molecule has 28 heavy (non-hydrogen) atoms. The molecule has 3 rings (SSSR count). The average Bonchev–Trinajstić information content (AvgIpc) is 3.04. The van der Waals surface area contributed by atoms with E-state index < -0.39 is 0 Å². The summed E-state index contributed by atoms with van der Waals surface area (Å²) in [6, 6.07) is 11.4. The first-order valence-electron chi connectivity index (χ1n) is 9.36. The van der Waals surface area contributed by atoms with Gasteiger partial charge in [0.05, 0.1) is 18.5 Å². The molecule has 0 aliphatic carbocycles. The van der Waals surface area contributed by atoms with Crippen LogP contribution in [0.4, 0.5) is 0 Å². The van der Waals surface area contributed by atoms with Gasteiger partial charge in [0.15, 0.2) is 5.65 Å². The van der Waals surface area contributed by atoms with Gasteiger partial charge in [0, 0.05) is 22.6 Å². The summed E-state index contributed by atoms with van der Waals surface area (Å²) in [5.74, 6) is 0.531. The van der Waals surface area contributed by atoms with Crippen molar-refractivity contribution in [3.63, 3.8) is 0 Å². The van der Waals surface area contributed by atoms with Gasteiger partial charge in [0.1, 0.15) is 11.4 Å². The quantitative estimate of drug-likeness (QED) is 0.738. The monoisotopic (exact) mass is 380 g/mol. The van der Waals surface area contributed by atoms with Gasteiger partial charge in [0.2, 0.25) is 0 Å². The van der Waals surface area contributed by atoms with Crippen molar-refractivity contribution >= 4 is 11.6 Å². The normalized spacial score (nSPS) is 12.2. The van der Waals surface area contributed by atoms with Gasteiger partial charge >= 0.3 is 0 Å². The Morgan fingerprint density at radius 2 is 1.79 bits per heavy atom. The van der Waals surface area contributed by atoms with Crippen LogP contribution in [0.3, 0.4) is 0 Å². The molecule has 0 fully saturated rings. The lowest BCUT2D eigenvalue weighted by molar-refractivity contribution is 0.0914. The molecule has 0 spiro atoms. The van der Waals surface area contributed by atoms with Crippen LogP contribution in [0.25, 0.3) is 16.9 Å². The summed E-state index contributed by atoms with van der Waals surface area (Å²) in [6.45, 7) is 12.2. The largest absolute Gasteiger partial charge is 0.497 e. The van der Waals surface area contributed by atoms with Crippen molar-refractivity contribution in [2.24, 2.45) is 0 Å². The molecule has 6 heteroatoms. The first-order valence-corrected chi connectivity index (χ1v) is 9.36. The van der Waals surface area contributed by atoms with Gasteiger partial charge in [-0.15, -0.1) is 0 Å². The van der Waals surface area contributed by atoms with Crippen molar-refractivity contribution in [3.8, 4) is 17.0 Å². The fraction of sp³-hybridized carbons (Fsp3) is 0.409. The van der Waals surface area contributed by atoms with Crippen molar-refractivity contribution in [1.82, 2.24) is 19.9 Å². The number of carbonyl (C=O) groups excluding carboxylic acids is 1. The number of nitrogens with zero attached hydrogens (tertiary/aromatic N) is 3. The molecule has 1 aromatic carbocycles. The third kappa shape index (κ3) is 4.16. The number of amides is 1. The zero-order chi connectivity index (χ0) is 20.7. The molecule has 0 saturated carbocycles. The topological polar surface area (TPSA) is 68.5 Å². The smallest absolute Gasteiger partial charge is 0.270 e. The van der Waals surface area contributed by atoms with Crippen molar-refractivity contribution in [1.29, 1.82) is 0 Å². The minimum Gasteiger partial charge on any atom is -0.497 e. The molecule has 1 N–H and O–H groups in total. The summed E-state index contributed by atoms with van der Waals surface area (Å²) in [4.78, 5) is 17.4. The Hall–Kier alpha value is -2.89. The summed E-state index contributed by atoms with van der Waals surface area (Å²) in [5, 5.41) is 7.76. The third-order valence-electron chi connectivity index (χ3n) is 4.28. The van der Waals surface area contributed by atoms with Crippen molar-refractivity contribution < 1.29 is 9.53 Å². The number of fused-ring (bicyclic) bond motifs is 1. The Morgan fingerprint density at radius 1 is 1.07 bits per heavy atom. The number of carbonyl (C=O) groups is 1. The molecule has 0 aliphatic heterocycles. The molecule has 6 nitrogen and oxygen atoms in total. The van der Waals surface area contributed by atoms with Gasteiger partial charge in [-0.05, 0) is 39.0 Å². The maximum absolute atomic E-state index is 12.8. The molecule has 0 atom stereocenters. The second-order valence-corrected chi connectivity index (χ2v) is 9.01. The number of nitrogens with one attached hydrogen (secondary N) is 1. The standard InChI is InChI=1S/C22H28N4O2/c1-21(2,3)18-13-19-23-16(20(27)24-22(4,5)6)12-17(26(19)25-18)14-9-8-10-15(11-14)28-7/h8-13H,1-7H3,(H,24,27). The SMILES string of the molecule is COc1cccc(-c2cc(C(=O)NC(C)(C)C)nc3cc(C(C)(C)C)nn23)c1. The zero-order valence-corrected chi connectivity index (χ0v) is 17.6. The summed E-state index contributed by atoms with van der Waals surface area (Å²) in [7, 11) is 1.63. The van der Waals surface area contributed by atoms with Gasteiger partial charge in [-0.3, -0.25) is 4.79 Å². The highest BCUT2D eigenvalue weighted by molar-refractivity contribution is 5.94. The maximum atomic E-state index is 12.8. The minimum atomic E-state index is -0.349. The molecule has 0 saturated heterocycles. The van der Waals surface area contributed by atoms with Crippen LogP contribution in [0.5, 0.6) is 5.75 Å². The summed E-state index contributed by atoms with van der Waals surface area (Å²) < 4.78 is 7.16. The van der Waals surface area contributed by atoms with Crippen LogP contribution in [0.2, 0.25) is 0 Å². The van der Waals surface area contributed by atoms with Crippen LogP contribution < -0.4 is 10.1 Å². The maximum Gasteiger partial charge on any atom is 0.270 e. The Balaban J connectivity index is 2.23. The predicted molar refractivity (Wildman–Crippen MR) is 111 cm³/mol. The van der Waals surface area contributed by atoms with Crippen molar-refractivity contribution in [2.75, 3.05) is 7.11 Å². The Morgan fingerprint density at radius 3 is 2.39 bits per heavy atom. The van der Waals surface area contributed by atoms with Gasteiger partial charge in [-0.25, -0.2) is 9.50 Å². The predicted octanol–water partition coefficient (Wildman–Crippen LogP) is 4.23. The molecule has 0 aliphatic rings. The van der Waals surface area contributed by atoms with Gasteiger partial charge < -0.3 is 10.1 Å². The molecule has 0 unspecified atom stereocenters. The van der Waals surface area contributed by atoms with E-state index in [4.69, 9.17) is 9.84 Å². The van der Waals surface area contributed by atoms with Gasteiger partial charge in [-0.2, -0.15) is 5.10 Å². The molecule has 148 valence electrons. The van der Waals surface area contributed by atoms with E-state index in [1.54, 1.807) is 17.7 Å². The Kier molecular flexibility index (Phi) is 4.91. The van der Waals surface area contributed by atoms with Crippen LogP contribution >= 0.6 is 0 Å². The summed E-state index contributed by atoms with van der Waals surface area (Å²) in [6.07, 6.45) is 0. The summed E-state index contributed by atoms with van der Waals surface area (Å²) in [5.41, 5.74) is 3.13. The molecule has 1 amide bonds. The van der Waals surface area contributed by atoms with Crippen LogP contribution in [-0.4, -0.2) is 33.2 Å². The highest BCUT2D eigenvalue weighted by atomic mass is 16.5. The second-order valence-electron chi connectivity index (χ2n) is 9.01. The van der Waals surface area contributed by atoms with E-state index in [0.717, 1.165) is 22.7 Å². The molecule has 0 bridgehead atoms. The molecular formula is C22H28N4O2. The lowest BCUT2D eigenvalue weighted by atomic mass is 9.93. The van der Waals surface area contributed by atoms with E-state index >= 15 is 0 Å². The number of aromatic nitrogens is 3. The highest BCUT2D eigenvalue weighted by Gasteiger charge is 2.23. The Labute approximate surface area is 165 Å². The van der Waals surface area contributed by atoms with Crippen molar-refractivity contribution in [3.05, 3.63) is 47.8 Å². The fourth-order valence-corrected chi connectivity index (χ4v) is 2.85. The van der Waals surface area contributed by atoms with E-state index in [1.165, 1.54) is 0 Å². The van der Waals surface area contributed by atoms with E-state index in [1.807, 2.05) is 51.1 Å². The van der Waals surface area contributed by atoms with Crippen molar-refractivity contribution in [2.45, 2.75) is 52.5 Å². The fourth-order valence-electron chi connectivity index (χ4n) is 2.85. The Bertz CT molecular complexity index is 1020. The average molecular weight is 380 g/mol. The molecule has 2 heterocycles. The number of methoxy groups -OCH3 is 1.